The van der Waals surface area contributed by atoms with Gasteiger partial charge in [-0.3, -0.25) is 4.90 Å². The number of hydrogen-bond acceptors (Lipinski definition) is 5. The van der Waals surface area contributed by atoms with Crippen molar-refractivity contribution < 1.29 is 14.3 Å². The highest BCUT2D eigenvalue weighted by molar-refractivity contribution is 5.94. The first-order valence-electron chi connectivity index (χ1n) is 8.90. The first-order chi connectivity index (χ1) is 12.7. The number of rotatable bonds is 5. The predicted molar refractivity (Wildman–Crippen MR) is 94.0 cm³/mol. The molecular formula is C18H21N5O3. The molecule has 0 saturated carbocycles. The van der Waals surface area contributed by atoms with Gasteiger partial charge in [0.15, 0.2) is 5.69 Å². The number of carbonyl (C=O) groups is 2. The molecule has 26 heavy (non-hydrogen) atoms. The molecule has 136 valence electrons. The molecule has 0 radical (unpaired) electrons. The van der Waals surface area contributed by atoms with Crippen LogP contribution >= 0.6 is 0 Å². The van der Waals surface area contributed by atoms with Crippen molar-refractivity contribution in [3.63, 3.8) is 0 Å². The van der Waals surface area contributed by atoms with Crippen LogP contribution in [-0.2, 0) is 11.3 Å². The van der Waals surface area contributed by atoms with Crippen LogP contribution in [0.3, 0.4) is 0 Å². The Labute approximate surface area is 151 Å². The largest absolute Gasteiger partial charge is 0.461 e. The highest BCUT2D eigenvalue weighted by Crippen LogP contribution is 2.30. The van der Waals surface area contributed by atoms with E-state index in [4.69, 9.17) is 4.74 Å². The van der Waals surface area contributed by atoms with Crippen molar-refractivity contribution in [3.05, 3.63) is 41.7 Å². The maximum absolute atomic E-state index is 12.5. The normalized spacial score (nSPS) is 19.1. The number of amides is 2. The van der Waals surface area contributed by atoms with E-state index in [-0.39, 0.29) is 11.7 Å². The van der Waals surface area contributed by atoms with Gasteiger partial charge in [-0.1, -0.05) is 17.3 Å². The molecule has 3 heterocycles. The van der Waals surface area contributed by atoms with Crippen LogP contribution in [0.1, 0.15) is 35.8 Å². The maximum atomic E-state index is 12.5. The molecule has 0 bridgehead atoms. The standard InChI is InChI=1S/C18H21N5O3/c1-2-26-17(24)16-12-21(20-19-16)10-13-5-7-14(8-6-13)23-11-15-4-3-9-22(15)18(23)25/h5-8,12,15H,2-4,9-11H2,1H3. The summed E-state index contributed by atoms with van der Waals surface area (Å²) in [5.41, 5.74) is 2.13. The van der Waals surface area contributed by atoms with Crippen molar-refractivity contribution in [2.75, 3.05) is 24.6 Å². The van der Waals surface area contributed by atoms with E-state index in [1.54, 1.807) is 17.8 Å². The lowest BCUT2D eigenvalue weighted by Gasteiger charge is -2.17. The number of benzene rings is 1. The summed E-state index contributed by atoms with van der Waals surface area (Å²) in [5, 5.41) is 7.79. The minimum atomic E-state index is -0.470. The Morgan fingerprint density at radius 2 is 2.12 bits per heavy atom. The van der Waals surface area contributed by atoms with Crippen LogP contribution in [0.2, 0.25) is 0 Å². The lowest BCUT2D eigenvalue weighted by molar-refractivity contribution is 0.0519. The predicted octanol–water partition coefficient (Wildman–Crippen LogP) is 1.91. The van der Waals surface area contributed by atoms with Gasteiger partial charge < -0.3 is 9.64 Å². The van der Waals surface area contributed by atoms with Crippen molar-refractivity contribution in [2.45, 2.75) is 32.4 Å². The van der Waals surface area contributed by atoms with Crippen LogP contribution in [-0.4, -0.2) is 57.6 Å². The average Bonchev–Trinajstić information content (AvgIpc) is 3.34. The molecule has 2 amide bonds. The van der Waals surface area contributed by atoms with Gasteiger partial charge in [0.25, 0.3) is 0 Å². The SMILES string of the molecule is CCOC(=O)c1cn(Cc2ccc(N3CC4CCCN4C3=O)cc2)nn1. The monoisotopic (exact) mass is 355 g/mol. The third-order valence-electron chi connectivity index (χ3n) is 4.86. The molecule has 2 fully saturated rings. The van der Waals surface area contributed by atoms with E-state index in [2.05, 4.69) is 10.3 Å². The topological polar surface area (TPSA) is 80.6 Å². The minimum absolute atomic E-state index is 0.107. The number of esters is 1. The summed E-state index contributed by atoms with van der Waals surface area (Å²) in [5.74, 6) is -0.470. The van der Waals surface area contributed by atoms with Crippen LogP contribution < -0.4 is 4.90 Å². The number of hydrogen-bond donors (Lipinski definition) is 0. The van der Waals surface area contributed by atoms with E-state index in [0.717, 1.165) is 37.2 Å². The van der Waals surface area contributed by atoms with Gasteiger partial charge in [-0.25, -0.2) is 14.3 Å². The summed E-state index contributed by atoms with van der Waals surface area (Å²) >= 11 is 0. The van der Waals surface area contributed by atoms with Gasteiger partial charge in [0, 0.05) is 18.8 Å². The molecule has 1 atom stereocenters. The van der Waals surface area contributed by atoms with Crippen molar-refractivity contribution in [1.82, 2.24) is 19.9 Å². The zero-order valence-corrected chi connectivity index (χ0v) is 14.7. The first-order valence-corrected chi connectivity index (χ1v) is 8.90. The number of urea groups is 1. The van der Waals surface area contributed by atoms with Crippen LogP contribution in [0.25, 0.3) is 0 Å². The molecular weight excluding hydrogens is 334 g/mol. The Morgan fingerprint density at radius 1 is 1.31 bits per heavy atom. The molecule has 8 nitrogen and oxygen atoms in total. The van der Waals surface area contributed by atoms with Crippen molar-refractivity contribution >= 4 is 17.7 Å². The van der Waals surface area contributed by atoms with Gasteiger partial charge in [-0.05, 0) is 37.5 Å². The number of ether oxygens (including phenoxy) is 1. The van der Waals surface area contributed by atoms with E-state index in [0.29, 0.717) is 19.2 Å². The highest BCUT2D eigenvalue weighted by atomic mass is 16.5. The molecule has 1 unspecified atom stereocenters. The van der Waals surface area contributed by atoms with E-state index in [9.17, 15) is 9.59 Å². The van der Waals surface area contributed by atoms with Gasteiger partial charge in [0.1, 0.15) is 0 Å². The van der Waals surface area contributed by atoms with Crippen molar-refractivity contribution in [1.29, 1.82) is 0 Å². The molecule has 2 aliphatic heterocycles. The molecule has 0 N–H and O–H groups in total. The second-order valence-corrected chi connectivity index (χ2v) is 6.57. The average molecular weight is 355 g/mol. The number of anilines is 1. The van der Waals surface area contributed by atoms with Crippen LogP contribution in [0.4, 0.5) is 10.5 Å². The summed E-state index contributed by atoms with van der Waals surface area (Å²) in [4.78, 5) is 27.9. The number of fused-ring (bicyclic) bond motifs is 1. The fraction of sp³-hybridized carbons (Fsp3) is 0.444. The van der Waals surface area contributed by atoms with E-state index in [1.807, 2.05) is 34.1 Å². The molecule has 4 rings (SSSR count). The Bertz CT molecular complexity index is 816. The molecule has 2 aliphatic rings. The highest BCUT2D eigenvalue weighted by Gasteiger charge is 2.40. The Morgan fingerprint density at radius 3 is 2.85 bits per heavy atom. The van der Waals surface area contributed by atoms with Crippen molar-refractivity contribution in [2.24, 2.45) is 0 Å². The fourth-order valence-corrected chi connectivity index (χ4v) is 3.58. The lowest BCUT2D eigenvalue weighted by Crippen LogP contribution is -2.31. The molecule has 1 aromatic heterocycles. The van der Waals surface area contributed by atoms with Crippen molar-refractivity contribution in [3.8, 4) is 0 Å². The smallest absolute Gasteiger partial charge is 0.360 e. The lowest BCUT2D eigenvalue weighted by atomic mass is 10.2. The van der Waals surface area contributed by atoms with E-state index >= 15 is 0 Å². The second kappa shape index (κ2) is 6.78. The van der Waals surface area contributed by atoms with E-state index < -0.39 is 5.97 Å². The summed E-state index contributed by atoms with van der Waals surface area (Å²) in [7, 11) is 0. The molecule has 2 saturated heterocycles. The number of aromatic nitrogens is 3. The third kappa shape index (κ3) is 3.02. The fourth-order valence-electron chi connectivity index (χ4n) is 3.58. The van der Waals surface area contributed by atoms with Gasteiger partial charge in [0.2, 0.25) is 0 Å². The summed E-state index contributed by atoms with van der Waals surface area (Å²) < 4.78 is 6.50. The van der Waals surface area contributed by atoms with Gasteiger partial charge in [-0.15, -0.1) is 5.10 Å². The number of nitrogens with zero attached hydrogens (tertiary/aromatic N) is 5. The first kappa shape index (κ1) is 16.6. The van der Waals surface area contributed by atoms with Gasteiger partial charge in [-0.2, -0.15) is 0 Å². The molecule has 8 heteroatoms. The Hall–Kier alpha value is -2.90. The zero-order valence-electron chi connectivity index (χ0n) is 14.7. The van der Waals surface area contributed by atoms with Gasteiger partial charge >= 0.3 is 12.0 Å². The molecule has 0 spiro atoms. The Kier molecular flexibility index (Phi) is 4.32. The summed E-state index contributed by atoms with van der Waals surface area (Å²) in [6.07, 6.45) is 3.77. The van der Waals surface area contributed by atoms with Crippen LogP contribution in [0, 0.1) is 0 Å². The number of carbonyl (C=O) groups excluding carboxylic acids is 2. The zero-order chi connectivity index (χ0) is 18.1. The molecule has 0 aliphatic carbocycles. The minimum Gasteiger partial charge on any atom is -0.461 e. The van der Waals surface area contributed by atoms with E-state index in [1.165, 1.54) is 0 Å². The summed E-state index contributed by atoms with van der Waals surface area (Å²) in [6, 6.07) is 8.32. The molecule has 1 aromatic carbocycles. The third-order valence-corrected chi connectivity index (χ3v) is 4.86. The second-order valence-electron chi connectivity index (χ2n) is 6.57. The molecule has 2 aromatic rings. The van der Waals surface area contributed by atoms with Crippen LogP contribution in [0.5, 0.6) is 0 Å². The summed E-state index contributed by atoms with van der Waals surface area (Å²) in [6.45, 7) is 4.19. The van der Waals surface area contributed by atoms with Crippen LogP contribution in [0.15, 0.2) is 30.5 Å². The quantitative estimate of drug-likeness (QED) is 0.766. The Balaban J connectivity index is 1.42. The maximum Gasteiger partial charge on any atom is 0.360 e. The van der Waals surface area contributed by atoms with Gasteiger partial charge in [0.05, 0.1) is 25.4 Å².